The molecule has 1 heterocycles. The SMILES string of the molecule is CCCCc1nnc(NC(=O)C(C#N)=Cc2ccc(OCCOc3ccc(OC)cc3)c(OC)c2)s1. The Kier molecular flexibility index (Phi) is 10.1. The van der Waals surface area contributed by atoms with Gasteiger partial charge in [-0.2, -0.15) is 5.26 Å². The molecule has 0 fully saturated rings. The van der Waals surface area contributed by atoms with E-state index in [2.05, 4.69) is 22.4 Å². The van der Waals surface area contributed by atoms with Crippen LogP contribution in [0.4, 0.5) is 5.13 Å². The highest BCUT2D eigenvalue weighted by Crippen LogP contribution is 2.29. The van der Waals surface area contributed by atoms with E-state index in [9.17, 15) is 10.1 Å². The Morgan fingerprint density at radius 1 is 1.03 bits per heavy atom. The molecule has 0 bridgehead atoms. The lowest BCUT2D eigenvalue weighted by atomic mass is 10.1. The molecule has 0 spiro atoms. The van der Waals surface area contributed by atoms with E-state index in [1.807, 2.05) is 30.3 Å². The second kappa shape index (κ2) is 13.7. The molecular formula is C26H28N4O5S. The molecule has 0 saturated carbocycles. The molecule has 3 rings (SSSR count). The summed E-state index contributed by atoms with van der Waals surface area (Å²) in [4.78, 5) is 12.6. The van der Waals surface area contributed by atoms with Gasteiger partial charge in [0.15, 0.2) is 11.5 Å². The largest absolute Gasteiger partial charge is 0.497 e. The highest BCUT2D eigenvalue weighted by molar-refractivity contribution is 7.15. The first kappa shape index (κ1) is 26.5. The van der Waals surface area contributed by atoms with Crippen LogP contribution in [0.1, 0.15) is 30.3 Å². The lowest BCUT2D eigenvalue weighted by Gasteiger charge is -2.12. The number of benzene rings is 2. The Bertz CT molecular complexity index is 1220. The number of anilines is 1. The lowest BCUT2D eigenvalue weighted by molar-refractivity contribution is -0.112. The summed E-state index contributed by atoms with van der Waals surface area (Å²) in [5, 5.41) is 21.4. The van der Waals surface area contributed by atoms with Crippen LogP contribution >= 0.6 is 11.3 Å². The topological polar surface area (TPSA) is 116 Å². The number of hydrogen-bond acceptors (Lipinski definition) is 9. The van der Waals surface area contributed by atoms with E-state index < -0.39 is 5.91 Å². The molecule has 3 aromatic rings. The van der Waals surface area contributed by atoms with Crippen molar-refractivity contribution in [1.82, 2.24) is 10.2 Å². The predicted octanol–water partition coefficient (Wildman–Crippen LogP) is 4.90. The van der Waals surface area contributed by atoms with E-state index in [0.717, 1.165) is 30.0 Å². The summed E-state index contributed by atoms with van der Waals surface area (Å²) in [5.41, 5.74) is 0.546. The summed E-state index contributed by atoms with van der Waals surface area (Å²) in [5.74, 6) is 1.90. The van der Waals surface area contributed by atoms with Crippen LogP contribution in [0.2, 0.25) is 0 Å². The number of amides is 1. The van der Waals surface area contributed by atoms with Crippen molar-refractivity contribution in [2.75, 3.05) is 32.8 Å². The first-order chi connectivity index (χ1) is 17.6. The summed E-state index contributed by atoms with van der Waals surface area (Å²) in [6.45, 7) is 2.73. The van der Waals surface area contributed by atoms with Crippen molar-refractivity contribution < 1.29 is 23.7 Å². The van der Waals surface area contributed by atoms with Crippen molar-refractivity contribution in [3.8, 4) is 29.1 Å². The number of nitrogens with zero attached hydrogens (tertiary/aromatic N) is 3. The zero-order valence-corrected chi connectivity index (χ0v) is 21.3. The van der Waals surface area contributed by atoms with E-state index in [-0.39, 0.29) is 5.57 Å². The summed E-state index contributed by atoms with van der Waals surface area (Å²) < 4.78 is 22.0. The highest BCUT2D eigenvalue weighted by atomic mass is 32.1. The van der Waals surface area contributed by atoms with Gasteiger partial charge in [-0.1, -0.05) is 30.7 Å². The van der Waals surface area contributed by atoms with Gasteiger partial charge in [0.05, 0.1) is 14.2 Å². The molecule has 0 aliphatic rings. The zero-order chi connectivity index (χ0) is 25.8. The molecule has 9 nitrogen and oxygen atoms in total. The molecule has 0 atom stereocenters. The molecule has 2 aromatic carbocycles. The number of nitriles is 1. The molecule has 0 aliphatic carbocycles. The third kappa shape index (κ3) is 7.71. The Balaban J connectivity index is 1.58. The number of unbranched alkanes of at least 4 members (excludes halogenated alkanes) is 1. The van der Waals surface area contributed by atoms with Gasteiger partial charge in [-0.25, -0.2) is 0 Å². The molecule has 1 amide bonds. The smallest absolute Gasteiger partial charge is 0.268 e. The Morgan fingerprint density at radius 2 is 1.78 bits per heavy atom. The van der Waals surface area contributed by atoms with Crippen molar-refractivity contribution in [2.45, 2.75) is 26.2 Å². The zero-order valence-electron chi connectivity index (χ0n) is 20.4. The number of hydrogen-bond donors (Lipinski definition) is 1. The van der Waals surface area contributed by atoms with E-state index in [1.54, 1.807) is 25.3 Å². The predicted molar refractivity (Wildman–Crippen MR) is 138 cm³/mol. The van der Waals surface area contributed by atoms with Crippen molar-refractivity contribution in [1.29, 1.82) is 5.26 Å². The van der Waals surface area contributed by atoms with Crippen molar-refractivity contribution >= 4 is 28.5 Å². The first-order valence-corrected chi connectivity index (χ1v) is 12.2. The molecule has 1 N–H and O–H groups in total. The summed E-state index contributed by atoms with van der Waals surface area (Å²) in [7, 11) is 3.13. The van der Waals surface area contributed by atoms with Crippen LogP contribution in [-0.4, -0.2) is 43.5 Å². The van der Waals surface area contributed by atoms with Crippen LogP contribution in [0.5, 0.6) is 23.0 Å². The van der Waals surface area contributed by atoms with Gasteiger partial charge in [-0.3, -0.25) is 10.1 Å². The lowest BCUT2D eigenvalue weighted by Crippen LogP contribution is -2.13. The standard InChI is InChI=1S/C26H28N4O5S/c1-4-5-6-24-29-30-26(36-24)28-25(31)19(17-27)15-18-7-12-22(23(16-18)33-3)35-14-13-34-21-10-8-20(32-2)9-11-21/h7-12,15-16H,4-6,13-14H2,1-3H3,(H,28,30,31). The van der Waals surface area contributed by atoms with Gasteiger partial charge >= 0.3 is 0 Å². The minimum Gasteiger partial charge on any atom is -0.497 e. The summed E-state index contributed by atoms with van der Waals surface area (Å²) in [6, 6.07) is 14.4. The third-order valence-electron chi connectivity index (χ3n) is 4.96. The van der Waals surface area contributed by atoms with Crippen molar-refractivity contribution in [3.63, 3.8) is 0 Å². The summed E-state index contributed by atoms with van der Waals surface area (Å²) >= 11 is 1.31. The monoisotopic (exact) mass is 508 g/mol. The maximum atomic E-state index is 12.6. The number of aromatic nitrogens is 2. The Labute approximate surface area is 214 Å². The van der Waals surface area contributed by atoms with Crippen LogP contribution in [0, 0.1) is 11.3 Å². The Hall–Kier alpha value is -4.10. The van der Waals surface area contributed by atoms with Gasteiger partial charge < -0.3 is 18.9 Å². The van der Waals surface area contributed by atoms with Gasteiger partial charge in [0.1, 0.15) is 41.4 Å². The Morgan fingerprint density at radius 3 is 2.47 bits per heavy atom. The highest BCUT2D eigenvalue weighted by Gasteiger charge is 2.14. The van der Waals surface area contributed by atoms with Crippen LogP contribution in [-0.2, 0) is 11.2 Å². The second-order valence-corrected chi connectivity index (χ2v) is 8.57. The van der Waals surface area contributed by atoms with Crippen LogP contribution in [0.3, 0.4) is 0 Å². The molecule has 10 heteroatoms. The minimum atomic E-state index is -0.550. The van der Waals surface area contributed by atoms with Gasteiger partial charge in [0.2, 0.25) is 5.13 Å². The fourth-order valence-corrected chi connectivity index (χ4v) is 3.87. The first-order valence-electron chi connectivity index (χ1n) is 11.4. The third-order valence-corrected chi connectivity index (χ3v) is 5.86. The average Bonchev–Trinajstić information content (AvgIpc) is 3.36. The van der Waals surface area contributed by atoms with Crippen LogP contribution in [0.25, 0.3) is 6.08 Å². The number of aryl methyl sites for hydroxylation is 1. The maximum Gasteiger partial charge on any atom is 0.268 e. The fourth-order valence-electron chi connectivity index (χ4n) is 3.09. The number of rotatable bonds is 13. The van der Waals surface area contributed by atoms with E-state index in [1.165, 1.54) is 24.5 Å². The quantitative estimate of drug-likeness (QED) is 0.197. The van der Waals surface area contributed by atoms with Gasteiger partial charge in [-0.05, 0) is 54.5 Å². The van der Waals surface area contributed by atoms with Crippen LogP contribution < -0.4 is 24.3 Å². The van der Waals surface area contributed by atoms with E-state index >= 15 is 0 Å². The average molecular weight is 509 g/mol. The molecule has 1 aromatic heterocycles. The molecule has 36 heavy (non-hydrogen) atoms. The summed E-state index contributed by atoms with van der Waals surface area (Å²) in [6.07, 6.45) is 4.34. The van der Waals surface area contributed by atoms with Gasteiger partial charge in [-0.15, -0.1) is 10.2 Å². The maximum absolute atomic E-state index is 12.6. The number of carbonyl (C=O) groups excluding carboxylic acids is 1. The molecule has 188 valence electrons. The molecule has 0 saturated heterocycles. The fraction of sp³-hybridized carbons (Fsp3) is 0.308. The number of ether oxygens (including phenoxy) is 4. The van der Waals surface area contributed by atoms with Crippen LogP contribution in [0.15, 0.2) is 48.0 Å². The van der Waals surface area contributed by atoms with Gasteiger partial charge in [0.25, 0.3) is 5.91 Å². The molecular weight excluding hydrogens is 480 g/mol. The molecule has 0 unspecified atom stereocenters. The van der Waals surface area contributed by atoms with E-state index in [0.29, 0.717) is 41.2 Å². The second-order valence-electron chi connectivity index (χ2n) is 7.51. The van der Waals surface area contributed by atoms with E-state index in [4.69, 9.17) is 18.9 Å². The number of methoxy groups -OCH3 is 2. The molecule has 0 aliphatic heterocycles. The van der Waals surface area contributed by atoms with Gasteiger partial charge in [0, 0.05) is 6.42 Å². The molecule has 0 radical (unpaired) electrons. The number of nitrogens with one attached hydrogen (secondary N) is 1. The number of carbonyl (C=O) groups is 1. The normalized spacial score (nSPS) is 10.9. The van der Waals surface area contributed by atoms with Crippen molar-refractivity contribution in [3.05, 3.63) is 58.6 Å². The van der Waals surface area contributed by atoms with Crippen molar-refractivity contribution in [2.24, 2.45) is 0 Å². The minimum absolute atomic E-state index is 0.0658.